The Hall–Kier alpha value is -1.55. The third-order valence-corrected chi connectivity index (χ3v) is 3.03. The average molecular weight is 251 g/mol. The molecule has 1 aromatic carbocycles. The maximum atomic E-state index is 10.6. The first-order valence-corrected chi connectivity index (χ1v) is 6.06. The van der Waals surface area contributed by atoms with Crippen LogP contribution in [0.3, 0.4) is 0 Å². The SMILES string of the molecule is COc1ccc(C(N)CC(C)CC(=O)O)cc1C. The van der Waals surface area contributed by atoms with Gasteiger partial charge in [0.1, 0.15) is 5.75 Å². The van der Waals surface area contributed by atoms with E-state index < -0.39 is 5.97 Å². The second kappa shape index (κ2) is 6.40. The Labute approximate surface area is 108 Å². The highest BCUT2D eigenvalue weighted by atomic mass is 16.5. The molecular formula is C14H21NO3. The molecule has 0 radical (unpaired) electrons. The summed E-state index contributed by atoms with van der Waals surface area (Å²) in [5, 5.41) is 8.72. The molecule has 3 N–H and O–H groups in total. The third-order valence-electron chi connectivity index (χ3n) is 3.03. The Morgan fingerprint density at radius 3 is 2.67 bits per heavy atom. The number of hydrogen-bond acceptors (Lipinski definition) is 3. The van der Waals surface area contributed by atoms with E-state index in [2.05, 4.69) is 0 Å². The van der Waals surface area contributed by atoms with Gasteiger partial charge >= 0.3 is 5.97 Å². The van der Waals surface area contributed by atoms with Crippen molar-refractivity contribution in [1.82, 2.24) is 0 Å². The lowest BCUT2D eigenvalue weighted by atomic mass is 9.93. The summed E-state index contributed by atoms with van der Waals surface area (Å²) in [7, 11) is 1.64. The fourth-order valence-electron chi connectivity index (χ4n) is 2.08. The molecule has 0 heterocycles. The van der Waals surface area contributed by atoms with Crippen LogP contribution in [0, 0.1) is 12.8 Å². The lowest BCUT2D eigenvalue weighted by Crippen LogP contribution is -2.16. The summed E-state index contributed by atoms with van der Waals surface area (Å²) >= 11 is 0. The van der Waals surface area contributed by atoms with Gasteiger partial charge in [-0.25, -0.2) is 0 Å². The summed E-state index contributed by atoms with van der Waals surface area (Å²) in [6.45, 7) is 3.88. The van der Waals surface area contributed by atoms with Crippen LogP contribution >= 0.6 is 0 Å². The van der Waals surface area contributed by atoms with Crippen LogP contribution in [0.15, 0.2) is 18.2 Å². The van der Waals surface area contributed by atoms with Gasteiger partial charge in [0, 0.05) is 12.5 Å². The number of rotatable bonds is 6. The lowest BCUT2D eigenvalue weighted by molar-refractivity contribution is -0.138. The number of carboxylic acid groups (broad SMARTS) is 1. The van der Waals surface area contributed by atoms with Crippen LogP contribution in [0.2, 0.25) is 0 Å². The van der Waals surface area contributed by atoms with Gasteiger partial charge in [-0.2, -0.15) is 0 Å². The lowest BCUT2D eigenvalue weighted by Gasteiger charge is -2.17. The Morgan fingerprint density at radius 1 is 1.50 bits per heavy atom. The number of nitrogens with two attached hydrogens (primary N) is 1. The zero-order valence-electron chi connectivity index (χ0n) is 11.1. The maximum Gasteiger partial charge on any atom is 0.303 e. The first-order valence-electron chi connectivity index (χ1n) is 6.06. The van der Waals surface area contributed by atoms with Crippen molar-refractivity contribution in [1.29, 1.82) is 0 Å². The molecule has 18 heavy (non-hydrogen) atoms. The average Bonchev–Trinajstić information content (AvgIpc) is 2.27. The van der Waals surface area contributed by atoms with Gasteiger partial charge in [-0.05, 0) is 36.5 Å². The van der Waals surface area contributed by atoms with Crippen molar-refractivity contribution in [3.05, 3.63) is 29.3 Å². The monoisotopic (exact) mass is 251 g/mol. The molecule has 0 saturated carbocycles. The van der Waals surface area contributed by atoms with E-state index in [1.165, 1.54) is 0 Å². The molecule has 1 aromatic rings. The second-order valence-corrected chi connectivity index (χ2v) is 4.77. The fraction of sp³-hybridized carbons (Fsp3) is 0.500. The smallest absolute Gasteiger partial charge is 0.303 e. The summed E-state index contributed by atoms with van der Waals surface area (Å²) < 4.78 is 5.19. The van der Waals surface area contributed by atoms with Gasteiger partial charge < -0.3 is 15.6 Å². The summed E-state index contributed by atoms with van der Waals surface area (Å²) in [6, 6.07) is 5.69. The highest BCUT2D eigenvalue weighted by Gasteiger charge is 2.14. The minimum Gasteiger partial charge on any atom is -0.496 e. The number of carbonyl (C=O) groups is 1. The molecule has 0 spiro atoms. The number of aliphatic carboxylic acids is 1. The molecule has 4 heteroatoms. The van der Waals surface area contributed by atoms with Gasteiger partial charge in [0.2, 0.25) is 0 Å². The predicted molar refractivity (Wildman–Crippen MR) is 70.7 cm³/mol. The van der Waals surface area contributed by atoms with E-state index in [0.717, 1.165) is 16.9 Å². The van der Waals surface area contributed by atoms with E-state index in [9.17, 15) is 4.79 Å². The number of aryl methyl sites for hydroxylation is 1. The van der Waals surface area contributed by atoms with Gasteiger partial charge in [0.25, 0.3) is 0 Å². The molecule has 2 atom stereocenters. The van der Waals surface area contributed by atoms with Crippen molar-refractivity contribution < 1.29 is 14.6 Å². The highest BCUT2D eigenvalue weighted by molar-refractivity contribution is 5.66. The molecule has 1 rings (SSSR count). The summed E-state index contributed by atoms with van der Waals surface area (Å²) in [5.74, 6) is 0.130. The second-order valence-electron chi connectivity index (χ2n) is 4.77. The number of hydrogen-bond donors (Lipinski definition) is 2. The van der Waals surface area contributed by atoms with E-state index in [0.29, 0.717) is 6.42 Å². The van der Waals surface area contributed by atoms with Crippen LogP contribution < -0.4 is 10.5 Å². The molecule has 0 aliphatic carbocycles. The molecule has 0 amide bonds. The molecule has 4 nitrogen and oxygen atoms in total. The molecule has 0 bridgehead atoms. The predicted octanol–water partition coefficient (Wildman–Crippen LogP) is 2.50. The Bertz CT molecular complexity index is 418. The summed E-state index contributed by atoms with van der Waals surface area (Å²) in [5.41, 5.74) is 8.16. The molecular weight excluding hydrogens is 230 g/mol. The van der Waals surface area contributed by atoms with Gasteiger partial charge in [-0.3, -0.25) is 4.79 Å². The largest absolute Gasteiger partial charge is 0.496 e. The Morgan fingerprint density at radius 2 is 2.17 bits per heavy atom. The van der Waals surface area contributed by atoms with E-state index in [4.69, 9.17) is 15.6 Å². The standard InChI is InChI=1S/C14H21NO3/c1-9(7-14(16)17)6-12(15)11-4-5-13(18-3)10(2)8-11/h4-5,8-9,12H,6-7,15H2,1-3H3,(H,16,17). The van der Waals surface area contributed by atoms with Crippen LogP contribution in [-0.2, 0) is 4.79 Å². The zero-order chi connectivity index (χ0) is 13.7. The van der Waals surface area contributed by atoms with Crippen molar-refractivity contribution in [3.63, 3.8) is 0 Å². The maximum absolute atomic E-state index is 10.6. The molecule has 100 valence electrons. The molecule has 0 aliphatic rings. The van der Waals surface area contributed by atoms with Gasteiger partial charge in [-0.1, -0.05) is 19.1 Å². The molecule has 0 fully saturated rings. The van der Waals surface area contributed by atoms with Crippen LogP contribution in [-0.4, -0.2) is 18.2 Å². The molecule has 2 unspecified atom stereocenters. The van der Waals surface area contributed by atoms with Crippen molar-refractivity contribution in [2.75, 3.05) is 7.11 Å². The highest BCUT2D eigenvalue weighted by Crippen LogP contribution is 2.25. The number of ether oxygens (including phenoxy) is 1. The van der Waals surface area contributed by atoms with Gasteiger partial charge in [-0.15, -0.1) is 0 Å². The minimum absolute atomic E-state index is 0.0694. The van der Waals surface area contributed by atoms with E-state index in [1.54, 1.807) is 7.11 Å². The molecule has 0 saturated heterocycles. The van der Waals surface area contributed by atoms with Crippen molar-refractivity contribution in [2.24, 2.45) is 11.7 Å². The Kier molecular flexibility index (Phi) is 5.16. The van der Waals surface area contributed by atoms with Crippen molar-refractivity contribution in [3.8, 4) is 5.75 Å². The fourth-order valence-corrected chi connectivity index (χ4v) is 2.08. The normalized spacial score (nSPS) is 14.0. The number of carboxylic acids is 1. The number of methoxy groups -OCH3 is 1. The van der Waals surface area contributed by atoms with E-state index in [-0.39, 0.29) is 18.4 Å². The number of benzene rings is 1. The Balaban J connectivity index is 2.69. The van der Waals surface area contributed by atoms with Crippen LogP contribution in [0.4, 0.5) is 0 Å². The first kappa shape index (κ1) is 14.5. The molecule has 0 aliphatic heterocycles. The topological polar surface area (TPSA) is 72.5 Å². The van der Waals surface area contributed by atoms with Crippen LogP contribution in [0.25, 0.3) is 0 Å². The van der Waals surface area contributed by atoms with Crippen LogP contribution in [0.1, 0.15) is 36.9 Å². The van der Waals surface area contributed by atoms with Gasteiger partial charge in [0.05, 0.1) is 7.11 Å². The quantitative estimate of drug-likeness (QED) is 0.814. The summed E-state index contributed by atoms with van der Waals surface area (Å²) in [6.07, 6.45) is 0.820. The van der Waals surface area contributed by atoms with Gasteiger partial charge in [0.15, 0.2) is 0 Å². The van der Waals surface area contributed by atoms with E-state index >= 15 is 0 Å². The zero-order valence-corrected chi connectivity index (χ0v) is 11.1. The minimum atomic E-state index is -0.777. The van der Waals surface area contributed by atoms with Crippen molar-refractivity contribution >= 4 is 5.97 Å². The first-order chi connectivity index (χ1) is 8.43. The van der Waals surface area contributed by atoms with Crippen molar-refractivity contribution in [2.45, 2.75) is 32.7 Å². The van der Waals surface area contributed by atoms with Crippen LogP contribution in [0.5, 0.6) is 5.75 Å². The molecule has 0 aromatic heterocycles. The van der Waals surface area contributed by atoms with E-state index in [1.807, 2.05) is 32.0 Å². The third kappa shape index (κ3) is 4.04. The summed E-state index contributed by atoms with van der Waals surface area (Å²) in [4.78, 5) is 10.6.